The molecule has 92 valence electrons. The highest BCUT2D eigenvalue weighted by Gasteiger charge is 2.49. The summed E-state index contributed by atoms with van der Waals surface area (Å²) in [5.74, 6) is -1.13. The van der Waals surface area contributed by atoms with E-state index in [1.165, 1.54) is 27.0 Å². The van der Waals surface area contributed by atoms with Gasteiger partial charge in [-0.1, -0.05) is 0 Å². The normalized spacial score (nSPS) is 21.2. The van der Waals surface area contributed by atoms with Crippen molar-refractivity contribution in [2.45, 2.75) is 18.6 Å². The van der Waals surface area contributed by atoms with E-state index in [1.807, 2.05) is 0 Å². The molecule has 0 aromatic heterocycles. The third kappa shape index (κ3) is 1.40. The van der Waals surface area contributed by atoms with E-state index in [4.69, 9.17) is 0 Å². The minimum atomic E-state index is -3.75. The van der Waals surface area contributed by atoms with Crippen LogP contribution in [0.2, 0.25) is 0 Å². The maximum atomic E-state index is 13.1. The molecule has 2 rings (SSSR count). The zero-order chi connectivity index (χ0) is 13.0. The summed E-state index contributed by atoms with van der Waals surface area (Å²) in [7, 11) is -2.39. The van der Waals surface area contributed by atoms with E-state index in [9.17, 15) is 17.6 Å². The van der Waals surface area contributed by atoms with E-state index in [-0.39, 0.29) is 11.3 Å². The van der Waals surface area contributed by atoms with E-state index in [1.54, 1.807) is 0 Å². The van der Waals surface area contributed by atoms with Gasteiger partial charge in [-0.05, 0) is 32.0 Å². The van der Waals surface area contributed by atoms with Crippen molar-refractivity contribution in [2.24, 2.45) is 0 Å². The van der Waals surface area contributed by atoms with Crippen molar-refractivity contribution in [1.29, 1.82) is 0 Å². The van der Waals surface area contributed by atoms with E-state index >= 15 is 0 Å². The number of carbonyl (C=O) groups excluding carboxylic acids is 1. The molecule has 0 N–H and O–H groups in total. The summed E-state index contributed by atoms with van der Waals surface area (Å²) in [5, 5.41) is 0. The van der Waals surface area contributed by atoms with Gasteiger partial charge in [-0.3, -0.25) is 9.10 Å². The standard InChI is InChI=1S/C11H12FNO3S/c1-11(2)10(14)8-6-7(12)4-5-9(8)13(3)17(11,15)16/h4-6H,1-3H3. The molecule has 1 aliphatic heterocycles. The maximum absolute atomic E-state index is 13.1. The van der Waals surface area contributed by atoms with E-state index in [0.717, 1.165) is 16.4 Å². The molecule has 0 aliphatic carbocycles. The molecule has 0 unspecified atom stereocenters. The topological polar surface area (TPSA) is 54.5 Å². The molecule has 0 spiro atoms. The number of halogens is 1. The molecule has 0 saturated heterocycles. The van der Waals surface area contributed by atoms with Crippen molar-refractivity contribution in [1.82, 2.24) is 0 Å². The Morgan fingerprint density at radius 1 is 1.29 bits per heavy atom. The molecule has 1 heterocycles. The smallest absolute Gasteiger partial charge is 0.247 e. The van der Waals surface area contributed by atoms with Gasteiger partial charge in [0.1, 0.15) is 10.6 Å². The Labute approximate surface area is 99.1 Å². The lowest BCUT2D eigenvalue weighted by atomic mass is 9.98. The number of nitrogens with zero attached hydrogens (tertiary/aromatic N) is 1. The van der Waals surface area contributed by atoms with Gasteiger partial charge < -0.3 is 0 Å². The van der Waals surface area contributed by atoms with Crippen LogP contribution in [-0.4, -0.2) is 26.0 Å². The quantitative estimate of drug-likeness (QED) is 0.709. The molecule has 0 bridgehead atoms. The molecule has 1 aromatic rings. The maximum Gasteiger partial charge on any atom is 0.247 e. The lowest BCUT2D eigenvalue weighted by Gasteiger charge is -2.36. The average Bonchev–Trinajstić information content (AvgIpc) is 2.25. The predicted molar refractivity (Wildman–Crippen MR) is 62.1 cm³/mol. The number of hydrogen-bond acceptors (Lipinski definition) is 3. The zero-order valence-corrected chi connectivity index (χ0v) is 10.5. The molecule has 0 radical (unpaired) electrons. The van der Waals surface area contributed by atoms with Crippen molar-refractivity contribution in [3.8, 4) is 0 Å². The molecule has 17 heavy (non-hydrogen) atoms. The van der Waals surface area contributed by atoms with Crippen LogP contribution >= 0.6 is 0 Å². The van der Waals surface area contributed by atoms with Gasteiger partial charge in [0.25, 0.3) is 0 Å². The summed E-state index contributed by atoms with van der Waals surface area (Å²) in [6, 6.07) is 3.51. The van der Waals surface area contributed by atoms with Crippen molar-refractivity contribution in [3.05, 3.63) is 29.6 Å². The van der Waals surface area contributed by atoms with Crippen LogP contribution in [-0.2, 0) is 10.0 Å². The third-order valence-electron chi connectivity index (χ3n) is 3.09. The van der Waals surface area contributed by atoms with Crippen LogP contribution in [0.3, 0.4) is 0 Å². The highest BCUT2D eigenvalue weighted by molar-refractivity contribution is 7.95. The number of carbonyl (C=O) groups is 1. The van der Waals surface area contributed by atoms with Gasteiger partial charge in [0.15, 0.2) is 5.78 Å². The Bertz CT molecular complexity index is 607. The fraction of sp³-hybridized carbons (Fsp3) is 0.364. The van der Waals surface area contributed by atoms with Gasteiger partial charge in [-0.15, -0.1) is 0 Å². The summed E-state index contributed by atoms with van der Waals surface area (Å²) in [6.45, 7) is 2.66. The van der Waals surface area contributed by atoms with Crippen molar-refractivity contribution < 1.29 is 17.6 Å². The molecule has 0 saturated carbocycles. The number of fused-ring (bicyclic) bond motifs is 1. The lowest BCUT2D eigenvalue weighted by Crippen LogP contribution is -2.52. The number of hydrogen-bond donors (Lipinski definition) is 0. The van der Waals surface area contributed by atoms with Gasteiger partial charge in [-0.25, -0.2) is 12.8 Å². The van der Waals surface area contributed by atoms with Crippen LogP contribution in [0.25, 0.3) is 0 Å². The lowest BCUT2D eigenvalue weighted by molar-refractivity contribution is 0.0951. The van der Waals surface area contributed by atoms with Crippen molar-refractivity contribution in [3.63, 3.8) is 0 Å². The second kappa shape index (κ2) is 3.29. The van der Waals surface area contributed by atoms with Crippen LogP contribution < -0.4 is 4.31 Å². The Morgan fingerprint density at radius 3 is 2.47 bits per heavy atom. The Balaban J connectivity index is 2.81. The fourth-order valence-corrected chi connectivity index (χ4v) is 3.33. The van der Waals surface area contributed by atoms with Crippen LogP contribution in [0, 0.1) is 5.82 Å². The van der Waals surface area contributed by atoms with E-state index in [2.05, 4.69) is 0 Å². The minimum Gasteiger partial charge on any atom is -0.292 e. The van der Waals surface area contributed by atoms with Crippen molar-refractivity contribution >= 4 is 21.5 Å². The van der Waals surface area contributed by atoms with Gasteiger partial charge in [-0.2, -0.15) is 0 Å². The number of benzene rings is 1. The summed E-state index contributed by atoms with van der Waals surface area (Å²) in [5.41, 5.74) is 0.322. The largest absolute Gasteiger partial charge is 0.292 e. The van der Waals surface area contributed by atoms with Crippen LogP contribution in [0.5, 0.6) is 0 Å². The first-order valence-electron chi connectivity index (χ1n) is 5.02. The Hall–Kier alpha value is -1.43. The van der Waals surface area contributed by atoms with Gasteiger partial charge in [0.2, 0.25) is 10.0 Å². The van der Waals surface area contributed by atoms with Gasteiger partial charge in [0.05, 0.1) is 5.69 Å². The van der Waals surface area contributed by atoms with E-state index in [0.29, 0.717) is 0 Å². The number of anilines is 1. The molecule has 1 aliphatic rings. The second-order valence-electron chi connectivity index (χ2n) is 4.47. The summed E-state index contributed by atoms with van der Waals surface area (Å²) in [6.07, 6.45) is 0. The molecule has 4 nitrogen and oxygen atoms in total. The second-order valence-corrected chi connectivity index (χ2v) is 6.99. The summed E-state index contributed by atoms with van der Waals surface area (Å²) >= 11 is 0. The van der Waals surface area contributed by atoms with Crippen LogP contribution in [0.1, 0.15) is 24.2 Å². The highest BCUT2D eigenvalue weighted by Crippen LogP contribution is 2.37. The Kier molecular flexibility index (Phi) is 2.33. The fourth-order valence-electron chi connectivity index (χ4n) is 1.88. The van der Waals surface area contributed by atoms with Gasteiger partial charge in [0, 0.05) is 12.6 Å². The molecule has 1 aromatic carbocycles. The van der Waals surface area contributed by atoms with Crippen LogP contribution in [0.4, 0.5) is 10.1 Å². The monoisotopic (exact) mass is 257 g/mol. The molecular formula is C11H12FNO3S. The third-order valence-corrected chi connectivity index (χ3v) is 5.49. The Morgan fingerprint density at radius 2 is 1.88 bits per heavy atom. The summed E-state index contributed by atoms with van der Waals surface area (Å²) < 4.78 is 36.8. The number of ketones is 1. The highest BCUT2D eigenvalue weighted by atomic mass is 32.2. The van der Waals surface area contributed by atoms with Gasteiger partial charge >= 0.3 is 0 Å². The number of rotatable bonds is 0. The first-order valence-corrected chi connectivity index (χ1v) is 6.46. The van der Waals surface area contributed by atoms with E-state index < -0.39 is 26.4 Å². The van der Waals surface area contributed by atoms with Crippen LogP contribution in [0.15, 0.2) is 18.2 Å². The SMILES string of the molecule is CN1c2ccc(F)cc2C(=O)C(C)(C)S1(=O)=O. The molecule has 0 amide bonds. The predicted octanol–water partition coefficient (Wildman–Crippen LogP) is 1.57. The number of sulfonamides is 1. The first kappa shape index (κ1) is 12.0. The molecule has 6 heteroatoms. The number of Topliss-reactive ketones (excluding diaryl/α,β-unsaturated/α-hetero) is 1. The summed E-state index contributed by atoms with van der Waals surface area (Å²) in [4.78, 5) is 12.1. The first-order chi connectivity index (χ1) is 7.69. The molecule has 0 atom stereocenters. The van der Waals surface area contributed by atoms with Crippen molar-refractivity contribution in [2.75, 3.05) is 11.4 Å². The average molecular weight is 257 g/mol. The zero-order valence-electron chi connectivity index (χ0n) is 9.69. The molecule has 0 fully saturated rings. The minimum absolute atomic E-state index is 0.104. The molecular weight excluding hydrogens is 245 g/mol.